The number of nitrogens with one attached hydrogen (secondary N) is 1. The van der Waals surface area contributed by atoms with E-state index in [1.54, 1.807) is 18.0 Å². The van der Waals surface area contributed by atoms with E-state index in [1.807, 2.05) is 79.7 Å². The Morgan fingerprint density at radius 2 is 1.67 bits per heavy atom. The van der Waals surface area contributed by atoms with Crippen molar-refractivity contribution in [3.05, 3.63) is 90.1 Å². The maximum Gasteiger partial charge on any atom is 0.251 e. The van der Waals surface area contributed by atoms with Gasteiger partial charge in [-0.25, -0.2) is 4.98 Å². The van der Waals surface area contributed by atoms with Gasteiger partial charge in [-0.15, -0.1) is 0 Å². The fraction of sp³-hybridized carbons (Fsp3) is 0.100. The molecule has 0 saturated heterocycles. The van der Waals surface area contributed by atoms with Crippen LogP contribution in [0, 0.1) is 0 Å². The van der Waals surface area contributed by atoms with Crippen molar-refractivity contribution in [1.29, 1.82) is 0 Å². The van der Waals surface area contributed by atoms with Gasteiger partial charge < -0.3 is 5.32 Å². The molecule has 0 fully saturated rings. The van der Waals surface area contributed by atoms with Gasteiger partial charge in [0.15, 0.2) is 0 Å². The molecule has 3 aromatic rings. The van der Waals surface area contributed by atoms with Crippen molar-refractivity contribution < 1.29 is 4.79 Å². The van der Waals surface area contributed by atoms with Crippen molar-refractivity contribution >= 4 is 17.7 Å². The summed E-state index contributed by atoms with van der Waals surface area (Å²) in [5, 5.41) is 3.96. The van der Waals surface area contributed by atoms with Gasteiger partial charge in [0.2, 0.25) is 0 Å². The minimum Gasteiger partial charge on any atom is -0.346 e. The van der Waals surface area contributed by atoms with E-state index in [0.717, 1.165) is 15.5 Å². The molecule has 120 valence electrons. The zero-order chi connectivity index (χ0) is 16.8. The highest BCUT2D eigenvalue weighted by Crippen LogP contribution is 2.25. The van der Waals surface area contributed by atoms with Crippen LogP contribution in [0.4, 0.5) is 0 Å². The van der Waals surface area contributed by atoms with E-state index < -0.39 is 0 Å². The number of rotatable bonds is 5. The van der Waals surface area contributed by atoms with Crippen LogP contribution in [0.15, 0.2) is 88.9 Å². The molecule has 1 heterocycles. The van der Waals surface area contributed by atoms with Crippen LogP contribution >= 0.6 is 11.8 Å². The molecule has 0 aliphatic rings. The average molecular weight is 334 g/mol. The van der Waals surface area contributed by atoms with Crippen LogP contribution in [0.1, 0.15) is 28.9 Å². The average Bonchev–Trinajstić information content (AvgIpc) is 2.64. The second-order valence-electron chi connectivity index (χ2n) is 5.40. The Morgan fingerprint density at radius 3 is 2.33 bits per heavy atom. The number of amides is 1. The molecule has 0 aliphatic heterocycles. The molecule has 0 unspecified atom stereocenters. The highest BCUT2D eigenvalue weighted by molar-refractivity contribution is 7.99. The number of benzene rings is 2. The summed E-state index contributed by atoms with van der Waals surface area (Å²) >= 11 is 1.58. The summed E-state index contributed by atoms with van der Waals surface area (Å²) in [6, 6.07) is 23.3. The summed E-state index contributed by atoms with van der Waals surface area (Å²) < 4.78 is 0. The van der Waals surface area contributed by atoms with Crippen LogP contribution in [0.25, 0.3) is 0 Å². The third-order valence-corrected chi connectivity index (χ3v) is 4.58. The zero-order valence-corrected chi connectivity index (χ0v) is 14.2. The van der Waals surface area contributed by atoms with E-state index in [1.165, 1.54) is 0 Å². The van der Waals surface area contributed by atoms with Gasteiger partial charge in [-0.1, -0.05) is 48.2 Å². The van der Waals surface area contributed by atoms with Crippen molar-refractivity contribution in [3.63, 3.8) is 0 Å². The molecule has 0 radical (unpaired) electrons. The molecule has 1 N–H and O–H groups in total. The van der Waals surface area contributed by atoms with Crippen molar-refractivity contribution in [2.24, 2.45) is 0 Å². The van der Waals surface area contributed by atoms with Gasteiger partial charge in [0.1, 0.15) is 5.03 Å². The van der Waals surface area contributed by atoms with Gasteiger partial charge in [0.25, 0.3) is 5.91 Å². The van der Waals surface area contributed by atoms with Crippen LogP contribution in [0.3, 0.4) is 0 Å². The summed E-state index contributed by atoms with van der Waals surface area (Å²) in [6.45, 7) is 1.98. The summed E-state index contributed by atoms with van der Waals surface area (Å²) in [7, 11) is 0. The molecular weight excluding hydrogens is 316 g/mol. The van der Waals surface area contributed by atoms with E-state index >= 15 is 0 Å². The molecule has 0 bridgehead atoms. The van der Waals surface area contributed by atoms with Crippen molar-refractivity contribution in [1.82, 2.24) is 10.3 Å². The van der Waals surface area contributed by atoms with Gasteiger partial charge in [-0.05, 0) is 48.9 Å². The molecular formula is C20H18N2OS. The van der Waals surface area contributed by atoms with Crippen LogP contribution in [-0.4, -0.2) is 10.9 Å². The number of nitrogens with zero attached hydrogens (tertiary/aromatic N) is 1. The molecule has 4 heteroatoms. The Morgan fingerprint density at radius 1 is 0.958 bits per heavy atom. The Bertz CT molecular complexity index is 789. The van der Waals surface area contributed by atoms with E-state index in [4.69, 9.17) is 0 Å². The predicted octanol–water partition coefficient (Wildman–Crippen LogP) is 4.72. The second-order valence-corrected chi connectivity index (χ2v) is 6.49. The fourth-order valence-corrected chi connectivity index (χ4v) is 3.08. The lowest BCUT2D eigenvalue weighted by molar-refractivity contribution is 0.0940. The molecule has 1 amide bonds. The van der Waals surface area contributed by atoms with Gasteiger partial charge in [0.05, 0.1) is 6.04 Å². The maximum absolute atomic E-state index is 12.4. The zero-order valence-electron chi connectivity index (χ0n) is 13.3. The quantitative estimate of drug-likeness (QED) is 0.734. The van der Waals surface area contributed by atoms with E-state index in [-0.39, 0.29) is 11.9 Å². The first-order valence-corrected chi connectivity index (χ1v) is 8.59. The van der Waals surface area contributed by atoms with Crippen molar-refractivity contribution in [3.8, 4) is 0 Å². The standard InChI is InChI=1S/C20H18N2OS/c1-15(16-7-3-2-4-8-16)22-20(23)17-10-12-18(13-11-17)24-19-9-5-6-14-21-19/h2-15H,1H3,(H,22,23)/t15-/m1/s1. The van der Waals surface area contributed by atoms with Gasteiger partial charge in [-0.3, -0.25) is 4.79 Å². The van der Waals surface area contributed by atoms with Crippen LogP contribution in [-0.2, 0) is 0 Å². The van der Waals surface area contributed by atoms with Crippen LogP contribution in [0.2, 0.25) is 0 Å². The largest absolute Gasteiger partial charge is 0.346 e. The maximum atomic E-state index is 12.4. The van der Waals surface area contributed by atoms with Gasteiger partial charge in [-0.2, -0.15) is 0 Å². The van der Waals surface area contributed by atoms with Crippen LogP contribution in [0.5, 0.6) is 0 Å². The molecule has 0 saturated carbocycles. The Balaban J connectivity index is 1.63. The lowest BCUT2D eigenvalue weighted by Gasteiger charge is -2.14. The van der Waals surface area contributed by atoms with E-state index in [9.17, 15) is 4.79 Å². The topological polar surface area (TPSA) is 42.0 Å². The first-order valence-electron chi connectivity index (χ1n) is 7.77. The second kappa shape index (κ2) is 7.79. The normalized spacial score (nSPS) is 11.7. The molecule has 0 aliphatic carbocycles. The number of carbonyl (C=O) groups is 1. The Kier molecular flexibility index (Phi) is 5.29. The Labute approximate surface area is 146 Å². The first-order chi connectivity index (χ1) is 11.7. The van der Waals surface area contributed by atoms with Gasteiger partial charge >= 0.3 is 0 Å². The minimum atomic E-state index is -0.0688. The van der Waals surface area contributed by atoms with E-state index in [0.29, 0.717) is 5.56 Å². The molecule has 24 heavy (non-hydrogen) atoms. The molecule has 3 nitrogen and oxygen atoms in total. The Hall–Kier alpha value is -2.59. The van der Waals surface area contributed by atoms with Crippen LogP contribution < -0.4 is 5.32 Å². The highest BCUT2D eigenvalue weighted by Gasteiger charge is 2.11. The predicted molar refractivity (Wildman–Crippen MR) is 97.1 cm³/mol. The summed E-state index contributed by atoms with van der Waals surface area (Å²) in [5.41, 5.74) is 1.75. The first kappa shape index (κ1) is 16.3. The number of aromatic nitrogens is 1. The third kappa shape index (κ3) is 4.24. The minimum absolute atomic E-state index is 0.0266. The lowest BCUT2D eigenvalue weighted by Crippen LogP contribution is -2.26. The van der Waals surface area contributed by atoms with Crippen molar-refractivity contribution in [2.45, 2.75) is 22.9 Å². The molecule has 1 aromatic heterocycles. The summed E-state index contributed by atoms with van der Waals surface area (Å²) in [4.78, 5) is 17.7. The number of pyridine rings is 1. The summed E-state index contributed by atoms with van der Waals surface area (Å²) in [5.74, 6) is -0.0688. The number of carbonyl (C=O) groups excluding carboxylic acids is 1. The molecule has 3 rings (SSSR count). The monoisotopic (exact) mass is 334 g/mol. The summed E-state index contributed by atoms with van der Waals surface area (Å²) in [6.07, 6.45) is 1.77. The number of hydrogen-bond acceptors (Lipinski definition) is 3. The molecule has 2 aromatic carbocycles. The van der Waals surface area contributed by atoms with Gasteiger partial charge in [0, 0.05) is 16.7 Å². The molecule has 1 atom stereocenters. The molecule has 0 spiro atoms. The van der Waals surface area contributed by atoms with E-state index in [2.05, 4.69) is 10.3 Å². The lowest BCUT2D eigenvalue weighted by atomic mass is 10.1. The third-order valence-electron chi connectivity index (χ3n) is 3.62. The highest BCUT2D eigenvalue weighted by atomic mass is 32.2. The SMILES string of the molecule is C[C@@H](NC(=O)c1ccc(Sc2ccccn2)cc1)c1ccccc1. The fourth-order valence-electron chi connectivity index (χ4n) is 2.31. The smallest absolute Gasteiger partial charge is 0.251 e. The number of hydrogen-bond donors (Lipinski definition) is 1. The van der Waals surface area contributed by atoms with Crippen molar-refractivity contribution in [2.75, 3.05) is 0 Å².